The van der Waals surface area contributed by atoms with Crippen LogP contribution in [0.25, 0.3) is 0 Å². The van der Waals surface area contributed by atoms with Gasteiger partial charge < -0.3 is 24.4 Å². The van der Waals surface area contributed by atoms with E-state index in [9.17, 15) is 10.2 Å². The van der Waals surface area contributed by atoms with Crippen molar-refractivity contribution in [2.45, 2.75) is 37.3 Å². The second kappa shape index (κ2) is 4.95. The van der Waals surface area contributed by atoms with Crippen molar-refractivity contribution >= 4 is 0 Å². The first kappa shape index (κ1) is 12.1. The van der Waals surface area contributed by atoms with Gasteiger partial charge in [0.05, 0.1) is 13.2 Å². The van der Waals surface area contributed by atoms with E-state index in [1.807, 2.05) is 30.3 Å². The lowest BCUT2D eigenvalue weighted by molar-refractivity contribution is -0.130. The zero-order valence-corrected chi connectivity index (χ0v) is 9.81. The third-order valence-corrected chi connectivity index (χ3v) is 3.26. The third kappa shape index (κ3) is 2.41. The molecule has 0 amide bonds. The maximum atomic E-state index is 9.83. The van der Waals surface area contributed by atoms with Crippen LogP contribution >= 0.6 is 0 Å². The highest BCUT2D eigenvalue weighted by atomic mass is 16.7. The van der Waals surface area contributed by atoms with Gasteiger partial charge in [-0.05, 0) is 5.56 Å². The Balaban J connectivity index is 1.63. The van der Waals surface area contributed by atoms with Gasteiger partial charge in [0.15, 0.2) is 6.29 Å². The van der Waals surface area contributed by atoms with E-state index in [4.69, 9.17) is 14.2 Å². The highest BCUT2D eigenvalue weighted by Crippen LogP contribution is 2.31. The standard InChI is InChI=1S/C13H16O5/c14-10-12(11(9-7-16-9)18-13(10)15)17-6-8-4-2-1-3-5-8/h1-5,9-15H,6-7H2/t9-,10+,11+,12+,13?/m0/s1. The van der Waals surface area contributed by atoms with Gasteiger partial charge in [-0.2, -0.15) is 0 Å². The van der Waals surface area contributed by atoms with E-state index in [1.165, 1.54) is 0 Å². The van der Waals surface area contributed by atoms with E-state index >= 15 is 0 Å². The first-order valence-corrected chi connectivity index (χ1v) is 6.04. The van der Waals surface area contributed by atoms with E-state index in [0.29, 0.717) is 13.2 Å². The number of ether oxygens (including phenoxy) is 3. The highest BCUT2D eigenvalue weighted by molar-refractivity contribution is 5.13. The van der Waals surface area contributed by atoms with Gasteiger partial charge in [-0.25, -0.2) is 0 Å². The number of aliphatic hydroxyl groups is 2. The Bertz CT molecular complexity index is 392. The Kier molecular flexibility index (Phi) is 3.32. The van der Waals surface area contributed by atoms with Crippen LogP contribution in [0.1, 0.15) is 5.56 Å². The molecule has 5 heteroatoms. The summed E-state index contributed by atoms with van der Waals surface area (Å²) in [7, 11) is 0. The maximum absolute atomic E-state index is 9.83. The van der Waals surface area contributed by atoms with E-state index < -0.39 is 24.6 Å². The van der Waals surface area contributed by atoms with Gasteiger partial charge in [0, 0.05) is 0 Å². The van der Waals surface area contributed by atoms with Gasteiger partial charge in [0.2, 0.25) is 0 Å². The molecule has 0 spiro atoms. The van der Waals surface area contributed by atoms with Crippen LogP contribution in [0.3, 0.4) is 0 Å². The SMILES string of the molecule is OC1O[C@H]([C@@H]2CO2)[C@H](OCc2ccccc2)[C@H]1O. The summed E-state index contributed by atoms with van der Waals surface area (Å²) in [5.41, 5.74) is 1.02. The van der Waals surface area contributed by atoms with Crippen LogP contribution in [0.5, 0.6) is 0 Å². The molecule has 2 heterocycles. The minimum Gasteiger partial charge on any atom is -0.385 e. The average molecular weight is 252 g/mol. The molecule has 0 aliphatic carbocycles. The molecule has 2 fully saturated rings. The smallest absolute Gasteiger partial charge is 0.184 e. The summed E-state index contributed by atoms with van der Waals surface area (Å²) in [6, 6.07) is 9.68. The Hall–Kier alpha value is -0.980. The minimum absolute atomic E-state index is 0.0717. The molecule has 2 aliphatic heterocycles. The summed E-state index contributed by atoms with van der Waals surface area (Å²) in [5.74, 6) is 0. The molecule has 2 aliphatic rings. The van der Waals surface area contributed by atoms with E-state index in [2.05, 4.69) is 0 Å². The van der Waals surface area contributed by atoms with Gasteiger partial charge >= 0.3 is 0 Å². The molecule has 0 radical (unpaired) electrons. The summed E-state index contributed by atoms with van der Waals surface area (Å²) >= 11 is 0. The zero-order chi connectivity index (χ0) is 12.5. The lowest BCUT2D eigenvalue weighted by Gasteiger charge is -2.19. The molecule has 18 heavy (non-hydrogen) atoms. The minimum atomic E-state index is -1.19. The van der Waals surface area contributed by atoms with Crippen molar-refractivity contribution in [2.24, 2.45) is 0 Å². The molecule has 0 aromatic heterocycles. The third-order valence-electron chi connectivity index (χ3n) is 3.26. The van der Waals surface area contributed by atoms with Crippen LogP contribution in [0, 0.1) is 0 Å². The molecule has 2 saturated heterocycles. The van der Waals surface area contributed by atoms with Gasteiger partial charge in [-0.3, -0.25) is 0 Å². The predicted octanol–water partition coefficient (Wildman–Crippen LogP) is 0.0487. The molecular weight excluding hydrogens is 236 g/mol. The fourth-order valence-corrected chi connectivity index (χ4v) is 2.18. The second-order valence-electron chi connectivity index (χ2n) is 4.61. The summed E-state index contributed by atoms with van der Waals surface area (Å²) in [6.45, 7) is 0.969. The van der Waals surface area contributed by atoms with E-state index in [0.717, 1.165) is 5.56 Å². The highest BCUT2D eigenvalue weighted by Gasteiger charge is 2.51. The molecule has 98 valence electrons. The van der Waals surface area contributed by atoms with Crippen molar-refractivity contribution in [1.82, 2.24) is 0 Å². The molecule has 5 nitrogen and oxygen atoms in total. The summed E-state index contributed by atoms with van der Waals surface area (Å²) < 4.78 is 16.1. The molecule has 1 unspecified atom stereocenters. The topological polar surface area (TPSA) is 71.5 Å². The van der Waals surface area contributed by atoms with Crippen LogP contribution in [0.15, 0.2) is 30.3 Å². The Morgan fingerprint density at radius 3 is 2.61 bits per heavy atom. The fourth-order valence-electron chi connectivity index (χ4n) is 2.18. The van der Waals surface area contributed by atoms with Crippen molar-refractivity contribution in [3.05, 3.63) is 35.9 Å². The molecule has 3 rings (SSSR count). The normalized spacial score (nSPS) is 38.9. The van der Waals surface area contributed by atoms with Crippen molar-refractivity contribution in [2.75, 3.05) is 6.61 Å². The number of hydrogen-bond acceptors (Lipinski definition) is 5. The molecule has 0 saturated carbocycles. The van der Waals surface area contributed by atoms with Crippen LogP contribution in [-0.4, -0.2) is 47.5 Å². The predicted molar refractivity (Wildman–Crippen MR) is 61.6 cm³/mol. The fraction of sp³-hybridized carbons (Fsp3) is 0.538. The first-order chi connectivity index (χ1) is 8.75. The monoisotopic (exact) mass is 252 g/mol. The Labute approximate surface area is 105 Å². The van der Waals surface area contributed by atoms with Gasteiger partial charge in [-0.1, -0.05) is 30.3 Å². The lowest BCUT2D eigenvalue weighted by atomic mass is 10.1. The quantitative estimate of drug-likeness (QED) is 0.741. The van der Waals surface area contributed by atoms with Crippen LogP contribution < -0.4 is 0 Å². The van der Waals surface area contributed by atoms with E-state index in [1.54, 1.807) is 0 Å². The molecule has 5 atom stereocenters. The average Bonchev–Trinajstić information content (AvgIpc) is 3.18. The summed E-state index contributed by atoms with van der Waals surface area (Å²) in [6.07, 6.45) is -3.23. The Morgan fingerprint density at radius 1 is 1.22 bits per heavy atom. The largest absolute Gasteiger partial charge is 0.385 e. The zero-order valence-electron chi connectivity index (χ0n) is 9.81. The number of benzene rings is 1. The maximum Gasteiger partial charge on any atom is 0.184 e. The molecule has 1 aromatic carbocycles. The number of epoxide rings is 1. The van der Waals surface area contributed by atoms with Crippen molar-refractivity contribution in [3.63, 3.8) is 0 Å². The molecular formula is C13H16O5. The van der Waals surface area contributed by atoms with Crippen LogP contribution in [-0.2, 0) is 20.8 Å². The van der Waals surface area contributed by atoms with Gasteiger partial charge in [-0.15, -0.1) is 0 Å². The second-order valence-corrected chi connectivity index (χ2v) is 4.61. The summed E-state index contributed by atoms with van der Waals surface area (Å²) in [4.78, 5) is 0. The van der Waals surface area contributed by atoms with Gasteiger partial charge in [0.1, 0.15) is 24.4 Å². The van der Waals surface area contributed by atoms with Crippen molar-refractivity contribution in [3.8, 4) is 0 Å². The van der Waals surface area contributed by atoms with Crippen molar-refractivity contribution in [1.29, 1.82) is 0 Å². The first-order valence-electron chi connectivity index (χ1n) is 6.04. The lowest BCUT2D eigenvalue weighted by Crippen LogP contribution is -2.37. The molecule has 0 bridgehead atoms. The van der Waals surface area contributed by atoms with Crippen LogP contribution in [0.2, 0.25) is 0 Å². The molecule has 2 N–H and O–H groups in total. The van der Waals surface area contributed by atoms with Crippen molar-refractivity contribution < 1.29 is 24.4 Å². The summed E-state index contributed by atoms with van der Waals surface area (Å²) in [5, 5.41) is 19.3. The number of aliphatic hydroxyl groups excluding tert-OH is 2. The van der Waals surface area contributed by atoms with Gasteiger partial charge in [0.25, 0.3) is 0 Å². The van der Waals surface area contributed by atoms with E-state index in [-0.39, 0.29) is 6.10 Å². The Morgan fingerprint density at radius 2 is 1.94 bits per heavy atom. The number of rotatable bonds is 4. The number of hydrogen-bond donors (Lipinski definition) is 2. The van der Waals surface area contributed by atoms with Crippen LogP contribution in [0.4, 0.5) is 0 Å². The molecule has 1 aromatic rings.